The Morgan fingerprint density at radius 1 is 0.810 bits per heavy atom. The average Bonchev–Trinajstić information content (AvgIpc) is 3.65. The summed E-state index contributed by atoms with van der Waals surface area (Å²) in [4.78, 5) is 38.2. The standard InChI is InChI=1S/C32H25FN6O2S/c33-22-12-10-21(11-13-22)18-39-27-9-2-1-8-26(27)36-32(39)42-28-15-14-25-29-23(28)6-5-7-24(29)30(40)38(31(25)41)17-4-3-16-37-20-34-19-35-37/h1-2,5-15,19-20H,3-4,16-18H2. The number of benzene rings is 4. The highest BCUT2D eigenvalue weighted by molar-refractivity contribution is 7.99. The van der Waals surface area contributed by atoms with Gasteiger partial charge >= 0.3 is 0 Å². The molecule has 0 saturated heterocycles. The fourth-order valence-corrected chi connectivity index (χ4v) is 6.49. The average molecular weight is 577 g/mol. The number of aryl methyl sites for hydroxylation is 1. The molecule has 0 aliphatic carbocycles. The second kappa shape index (κ2) is 10.9. The van der Waals surface area contributed by atoms with Crippen molar-refractivity contribution in [1.29, 1.82) is 0 Å². The summed E-state index contributed by atoms with van der Waals surface area (Å²) in [6.45, 7) is 1.54. The summed E-state index contributed by atoms with van der Waals surface area (Å²) in [7, 11) is 0. The van der Waals surface area contributed by atoms with Crippen molar-refractivity contribution in [3.05, 3.63) is 114 Å². The predicted octanol–water partition coefficient (Wildman–Crippen LogP) is 6.20. The Hall–Kier alpha value is -4.83. The van der Waals surface area contributed by atoms with E-state index in [1.54, 1.807) is 29.2 Å². The molecule has 7 rings (SSSR count). The number of imidazole rings is 1. The predicted molar refractivity (Wildman–Crippen MR) is 158 cm³/mol. The van der Waals surface area contributed by atoms with Crippen LogP contribution in [0.1, 0.15) is 39.1 Å². The first kappa shape index (κ1) is 26.1. The Kier molecular flexibility index (Phi) is 6.75. The molecule has 0 radical (unpaired) electrons. The van der Waals surface area contributed by atoms with E-state index in [4.69, 9.17) is 4.98 Å². The highest BCUT2D eigenvalue weighted by atomic mass is 32.2. The molecule has 0 saturated carbocycles. The van der Waals surface area contributed by atoms with Crippen LogP contribution in [0.15, 0.2) is 102 Å². The number of fused-ring (bicyclic) bond motifs is 1. The smallest absolute Gasteiger partial charge is 0.261 e. The molecule has 6 aromatic rings. The van der Waals surface area contributed by atoms with Gasteiger partial charge < -0.3 is 4.57 Å². The van der Waals surface area contributed by atoms with Gasteiger partial charge in [-0.15, -0.1) is 0 Å². The van der Waals surface area contributed by atoms with Gasteiger partial charge in [0.05, 0.1) is 17.6 Å². The van der Waals surface area contributed by atoms with Crippen LogP contribution in [0.4, 0.5) is 4.39 Å². The molecule has 0 spiro atoms. The molecule has 2 amide bonds. The number of para-hydroxylation sites is 2. The Balaban J connectivity index is 1.20. The molecule has 10 heteroatoms. The van der Waals surface area contributed by atoms with Gasteiger partial charge in [-0.05, 0) is 66.3 Å². The maximum Gasteiger partial charge on any atom is 0.261 e. The van der Waals surface area contributed by atoms with Gasteiger partial charge in [0.1, 0.15) is 18.5 Å². The van der Waals surface area contributed by atoms with Crippen molar-refractivity contribution in [2.24, 2.45) is 0 Å². The highest BCUT2D eigenvalue weighted by Crippen LogP contribution is 2.39. The molecule has 208 valence electrons. The fraction of sp³-hybridized carbons (Fsp3) is 0.156. The van der Waals surface area contributed by atoms with Crippen LogP contribution < -0.4 is 0 Å². The van der Waals surface area contributed by atoms with Crippen LogP contribution >= 0.6 is 11.8 Å². The number of unbranched alkanes of at least 4 members (excludes halogenated alkanes) is 1. The van der Waals surface area contributed by atoms with Gasteiger partial charge in [-0.25, -0.2) is 14.4 Å². The van der Waals surface area contributed by atoms with Crippen molar-refractivity contribution in [2.45, 2.75) is 36.0 Å². The van der Waals surface area contributed by atoms with Gasteiger partial charge in [0.15, 0.2) is 5.16 Å². The zero-order valence-corrected chi connectivity index (χ0v) is 23.3. The zero-order chi connectivity index (χ0) is 28.6. The Bertz CT molecular complexity index is 1930. The summed E-state index contributed by atoms with van der Waals surface area (Å²) in [5, 5.41) is 6.38. The Labute approximate surface area is 244 Å². The molecule has 4 aromatic carbocycles. The van der Waals surface area contributed by atoms with E-state index in [9.17, 15) is 14.0 Å². The first-order valence-electron chi connectivity index (χ1n) is 13.7. The third-order valence-electron chi connectivity index (χ3n) is 7.51. The van der Waals surface area contributed by atoms with Crippen LogP contribution in [-0.4, -0.2) is 47.6 Å². The molecule has 2 aromatic heterocycles. The van der Waals surface area contributed by atoms with Crippen LogP contribution in [0.25, 0.3) is 21.8 Å². The van der Waals surface area contributed by atoms with E-state index >= 15 is 0 Å². The number of imide groups is 1. The molecule has 1 aliphatic heterocycles. The molecule has 42 heavy (non-hydrogen) atoms. The Morgan fingerprint density at radius 3 is 2.40 bits per heavy atom. The summed E-state index contributed by atoms with van der Waals surface area (Å²) < 4.78 is 17.4. The third kappa shape index (κ3) is 4.73. The number of nitrogens with zero attached hydrogens (tertiary/aromatic N) is 6. The molecule has 0 bridgehead atoms. The third-order valence-corrected chi connectivity index (χ3v) is 8.58. The number of hydrogen-bond donors (Lipinski definition) is 0. The SMILES string of the molecule is O=C1c2cccc3c(Sc4nc5ccccc5n4Cc4ccc(F)cc4)ccc(c23)C(=O)N1CCCCn1cncn1. The second-order valence-corrected chi connectivity index (χ2v) is 11.2. The lowest BCUT2D eigenvalue weighted by Gasteiger charge is -2.27. The minimum absolute atomic E-state index is 0.274. The quantitative estimate of drug-likeness (QED) is 0.151. The highest BCUT2D eigenvalue weighted by Gasteiger charge is 2.33. The molecule has 1 aliphatic rings. The lowest BCUT2D eigenvalue weighted by atomic mass is 9.94. The minimum atomic E-state index is -0.276. The first-order chi connectivity index (χ1) is 20.6. The van der Waals surface area contributed by atoms with Crippen molar-refractivity contribution >= 4 is 45.4 Å². The van der Waals surface area contributed by atoms with Crippen LogP contribution in [-0.2, 0) is 13.1 Å². The monoisotopic (exact) mass is 576 g/mol. The lowest BCUT2D eigenvalue weighted by molar-refractivity contribution is 0.0607. The molecule has 0 atom stereocenters. The van der Waals surface area contributed by atoms with Gasteiger partial charge in [-0.1, -0.05) is 48.2 Å². The zero-order valence-electron chi connectivity index (χ0n) is 22.5. The summed E-state index contributed by atoms with van der Waals surface area (Å²) in [5.41, 5.74) is 3.84. The van der Waals surface area contributed by atoms with Crippen molar-refractivity contribution in [1.82, 2.24) is 29.2 Å². The normalized spacial score (nSPS) is 13.0. The number of aromatic nitrogens is 5. The van der Waals surface area contributed by atoms with E-state index in [1.807, 2.05) is 48.5 Å². The topological polar surface area (TPSA) is 85.9 Å². The summed E-state index contributed by atoms with van der Waals surface area (Å²) >= 11 is 1.49. The summed E-state index contributed by atoms with van der Waals surface area (Å²) in [5.74, 6) is -0.823. The first-order valence-corrected chi connectivity index (χ1v) is 14.5. The fourth-order valence-electron chi connectivity index (χ4n) is 5.46. The van der Waals surface area contributed by atoms with Crippen molar-refractivity contribution < 1.29 is 14.0 Å². The molecule has 0 fully saturated rings. The van der Waals surface area contributed by atoms with Gasteiger partial charge in [-0.2, -0.15) is 5.10 Å². The summed E-state index contributed by atoms with van der Waals surface area (Å²) in [6, 6.07) is 23.7. The van der Waals surface area contributed by atoms with E-state index in [-0.39, 0.29) is 17.6 Å². The number of halogens is 1. The minimum Gasteiger partial charge on any atom is -0.314 e. The maximum absolute atomic E-state index is 13.6. The van der Waals surface area contributed by atoms with Gasteiger partial charge in [0, 0.05) is 34.5 Å². The second-order valence-electron chi connectivity index (χ2n) is 10.2. The van der Waals surface area contributed by atoms with Crippen molar-refractivity contribution in [2.75, 3.05) is 6.54 Å². The van der Waals surface area contributed by atoms with E-state index in [0.717, 1.165) is 38.5 Å². The van der Waals surface area contributed by atoms with E-state index in [2.05, 4.69) is 14.6 Å². The van der Waals surface area contributed by atoms with Gasteiger partial charge in [-0.3, -0.25) is 19.2 Å². The molecule has 0 N–H and O–H groups in total. The maximum atomic E-state index is 13.6. The van der Waals surface area contributed by atoms with E-state index in [1.165, 1.54) is 35.1 Å². The summed E-state index contributed by atoms with van der Waals surface area (Å²) in [6.07, 6.45) is 4.58. The number of rotatable bonds is 9. The van der Waals surface area contributed by atoms with Crippen LogP contribution in [0.5, 0.6) is 0 Å². The Morgan fingerprint density at radius 2 is 1.60 bits per heavy atom. The molecule has 8 nitrogen and oxygen atoms in total. The molecule has 3 heterocycles. The van der Waals surface area contributed by atoms with Crippen molar-refractivity contribution in [3.63, 3.8) is 0 Å². The van der Waals surface area contributed by atoms with E-state index < -0.39 is 0 Å². The van der Waals surface area contributed by atoms with Gasteiger partial charge in [0.25, 0.3) is 11.8 Å². The molecular weight excluding hydrogens is 551 g/mol. The van der Waals surface area contributed by atoms with E-state index in [0.29, 0.717) is 42.6 Å². The number of carbonyl (C=O) groups is 2. The number of hydrogen-bond acceptors (Lipinski definition) is 6. The lowest BCUT2D eigenvalue weighted by Crippen LogP contribution is -2.41. The van der Waals surface area contributed by atoms with Gasteiger partial charge in [0.2, 0.25) is 0 Å². The molecule has 0 unspecified atom stereocenters. The molecular formula is C32H25FN6O2S. The largest absolute Gasteiger partial charge is 0.314 e. The number of carbonyl (C=O) groups excluding carboxylic acids is 2. The van der Waals surface area contributed by atoms with Crippen LogP contribution in [0.3, 0.4) is 0 Å². The van der Waals surface area contributed by atoms with Crippen LogP contribution in [0, 0.1) is 5.82 Å². The number of amides is 2. The van der Waals surface area contributed by atoms with Crippen LogP contribution in [0.2, 0.25) is 0 Å². The van der Waals surface area contributed by atoms with Crippen molar-refractivity contribution in [3.8, 4) is 0 Å².